The molecule has 17 heavy (non-hydrogen) atoms. The van der Waals surface area contributed by atoms with Crippen molar-refractivity contribution in [1.29, 1.82) is 0 Å². The van der Waals surface area contributed by atoms with Crippen LogP contribution >= 0.6 is 11.6 Å². The molecule has 1 fully saturated rings. The molecule has 2 nitrogen and oxygen atoms in total. The molecule has 0 spiro atoms. The molecule has 1 saturated heterocycles. The molecule has 2 rings (SSSR count). The monoisotopic (exact) mass is 252 g/mol. The van der Waals surface area contributed by atoms with E-state index in [-0.39, 0.29) is 0 Å². The summed E-state index contributed by atoms with van der Waals surface area (Å²) in [5, 5.41) is 4.23. The van der Waals surface area contributed by atoms with Gasteiger partial charge in [0.1, 0.15) is 0 Å². The summed E-state index contributed by atoms with van der Waals surface area (Å²) >= 11 is 6.09. The number of nitrogens with zero attached hydrogens (tertiary/aromatic N) is 1. The fourth-order valence-electron chi connectivity index (χ4n) is 2.72. The van der Waals surface area contributed by atoms with Gasteiger partial charge in [0.05, 0.1) is 0 Å². The smallest absolute Gasteiger partial charge is 0.0426 e. The van der Waals surface area contributed by atoms with Crippen molar-refractivity contribution in [2.24, 2.45) is 5.92 Å². The van der Waals surface area contributed by atoms with Crippen molar-refractivity contribution in [3.8, 4) is 0 Å². The van der Waals surface area contributed by atoms with Crippen LogP contribution in [0, 0.1) is 12.8 Å². The minimum atomic E-state index is 0.644. The SMILES string of the molecule is CNC1CCN(c2cc(Cl)ccc2C)CC1C. The number of piperidine rings is 1. The van der Waals surface area contributed by atoms with E-state index in [0.717, 1.165) is 18.1 Å². The number of nitrogens with one attached hydrogen (secondary N) is 1. The molecule has 1 aliphatic rings. The predicted octanol–water partition coefficient (Wildman–Crippen LogP) is 3.08. The highest BCUT2D eigenvalue weighted by Gasteiger charge is 2.25. The van der Waals surface area contributed by atoms with Gasteiger partial charge in [0.2, 0.25) is 0 Å². The summed E-state index contributed by atoms with van der Waals surface area (Å²) in [5.74, 6) is 0.673. The zero-order chi connectivity index (χ0) is 12.4. The molecular weight excluding hydrogens is 232 g/mol. The molecule has 0 saturated carbocycles. The van der Waals surface area contributed by atoms with Crippen molar-refractivity contribution in [1.82, 2.24) is 5.32 Å². The maximum atomic E-state index is 6.09. The van der Waals surface area contributed by atoms with Gasteiger partial charge in [-0.1, -0.05) is 24.6 Å². The van der Waals surface area contributed by atoms with Gasteiger partial charge in [0, 0.05) is 29.8 Å². The van der Waals surface area contributed by atoms with E-state index in [1.54, 1.807) is 0 Å². The normalized spacial score (nSPS) is 25.1. The molecule has 0 aromatic heterocycles. The van der Waals surface area contributed by atoms with Gasteiger partial charge in [-0.25, -0.2) is 0 Å². The number of hydrogen-bond donors (Lipinski definition) is 1. The number of rotatable bonds is 2. The van der Waals surface area contributed by atoms with Crippen LogP contribution in [0.25, 0.3) is 0 Å². The molecular formula is C14H21ClN2. The Morgan fingerprint density at radius 1 is 1.41 bits per heavy atom. The molecule has 0 bridgehead atoms. The van der Waals surface area contributed by atoms with Crippen molar-refractivity contribution in [2.45, 2.75) is 26.3 Å². The molecule has 0 aliphatic carbocycles. The Bertz CT molecular complexity index is 392. The second-order valence-corrected chi connectivity index (χ2v) is 5.47. The van der Waals surface area contributed by atoms with Crippen LogP contribution in [0.15, 0.2) is 18.2 Å². The zero-order valence-corrected chi connectivity index (χ0v) is 11.6. The van der Waals surface area contributed by atoms with Crippen LogP contribution in [0.2, 0.25) is 5.02 Å². The van der Waals surface area contributed by atoms with Crippen LogP contribution in [0.3, 0.4) is 0 Å². The van der Waals surface area contributed by atoms with Gasteiger partial charge in [0.25, 0.3) is 0 Å². The quantitative estimate of drug-likeness (QED) is 0.870. The van der Waals surface area contributed by atoms with Gasteiger partial charge < -0.3 is 10.2 Å². The molecule has 1 aliphatic heterocycles. The Morgan fingerprint density at radius 3 is 2.82 bits per heavy atom. The van der Waals surface area contributed by atoms with E-state index in [1.807, 2.05) is 6.07 Å². The van der Waals surface area contributed by atoms with Crippen LogP contribution in [0.1, 0.15) is 18.9 Å². The van der Waals surface area contributed by atoms with Gasteiger partial charge in [-0.3, -0.25) is 0 Å². The first kappa shape index (κ1) is 12.7. The fourth-order valence-corrected chi connectivity index (χ4v) is 2.88. The molecule has 2 atom stereocenters. The van der Waals surface area contributed by atoms with Crippen molar-refractivity contribution in [2.75, 3.05) is 25.0 Å². The summed E-state index contributed by atoms with van der Waals surface area (Å²) < 4.78 is 0. The number of aryl methyl sites for hydroxylation is 1. The molecule has 1 heterocycles. The molecule has 94 valence electrons. The molecule has 0 amide bonds. The first-order valence-electron chi connectivity index (χ1n) is 6.30. The zero-order valence-electron chi connectivity index (χ0n) is 10.8. The minimum absolute atomic E-state index is 0.644. The average Bonchev–Trinajstić information content (AvgIpc) is 2.32. The van der Waals surface area contributed by atoms with E-state index < -0.39 is 0 Å². The summed E-state index contributed by atoms with van der Waals surface area (Å²) in [6.45, 7) is 6.68. The largest absolute Gasteiger partial charge is 0.371 e. The number of anilines is 1. The minimum Gasteiger partial charge on any atom is -0.371 e. The lowest BCUT2D eigenvalue weighted by atomic mass is 9.93. The molecule has 0 radical (unpaired) electrons. The van der Waals surface area contributed by atoms with Crippen LogP contribution in [-0.4, -0.2) is 26.2 Å². The van der Waals surface area contributed by atoms with Crippen LogP contribution in [0.4, 0.5) is 5.69 Å². The summed E-state index contributed by atoms with van der Waals surface area (Å²) in [6, 6.07) is 6.80. The van der Waals surface area contributed by atoms with Crippen molar-refractivity contribution >= 4 is 17.3 Å². The number of benzene rings is 1. The third-order valence-corrected chi connectivity index (χ3v) is 4.02. The van der Waals surface area contributed by atoms with Crippen molar-refractivity contribution in [3.05, 3.63) is 28.8 Å². The lowest BCUT2D eigenvalue weighted by Gasteiger charge is -2.38. The number of hydrogen-bond acceptors (Lipinski definition) is 2. The van der Waals surface area contributed by atoms with Crippen LogP contribution < -0.4 is 10.2 Å². The van der Waals surface area contributed by atoms with Crippen molar-refractivity contribution in [3.63, 3.8) is 0 Å². The first-order chi connectivity index (χ1) is 8.11. The van der Waals surface area contributed by atoms with Crippen molar-refractivity contribution < 1.29 is 0 Å². The second-order valence-electron chi connectivity index (χ2n) is 5.04. The maximum absolute atomic E-state index is 6.09. The average molecular weight is 253 g/mol. The van der Waals surface area contributed by atoms with E-state index in [0.29, 0.717) is 12.0 Å². The lowest BCUT2D eigenvalue weighted by Crippen LogP contribution is -2.47. The highest BCUT2D eigenvalue weighted by molar-refractivity contribution is 6.30. The third kappa shape index (κ3) is 2.75. The van der Waals surface area contributed by atoms with Gasteiger partial charge in [0.15, 0.2) is 0 Å². The maximum Gasteiger partial charge on any atom is 0.0426 e. The van der Waals surface area contributed by atoms with E-state index >= 15 is 0 Å². The van der Waals surface area contributed by atoms with Gasteiger partial charge in [-0.2, -0.15) is 0 Å². The summed E-state index contributed by atoms with van der Waals surface area (Å²) in [7, 11) is 2.06. The molecule has 3 heteroatoms. The Morgan fingerprint density at radius 2 is 2.18 bits per heavy atom. The molecule has 1 aromatic rings. The Labute approximate surface area is 109 Å². The van der Waals surface area contributed by atoms with Crippen LogP contribution in [0.5, 0.6) is 0 Å². The van der Waals surface area contributed by atoms with Gasteiger partial charge >= 0.3 is 0 Å². The molecule has 2 unspecified atom stereocenters. The topological polar surface area (TPSA) is 15.3 Å². The van der Waals surface area contributed by atoms with Gasteiger partial charge in [-0.15, -0.1) is 0 Å². The van der Waals surface area contributed by atoms with E-state index in [1.165, 1.54) is 17.7 Å². The summed E-state index contributed by atoms with van der Waals surface area (Å²) in [5.41, 5.74) is 2.60. The highest BCUT2D eigenvalue weighted by atomic mass is 35.5. The standard InChI is InChI=1S/C14H21ClN2/c1-10-4-5-12(15)8-14(10)17-7-6-13(16-3)11(2)9-17/h4-5,8,11,13,16H,6-7,9H2,1-3H3. The third-order valence-electron chi connectivity index (χ3n) is 3.79. The summed E-state index contributed by atoms with van der Waals surface area (Å²) in [6.07, 6.45) is 1.20. The summed E-state index contributed by atoms with van der Waals surface area (Å²) in [4.78, 5) is 2.46. The van der Waals surface area contributed by atoms with E-state index in [4.69, 9.17) is 11.6 Å². The molecule has 1 N–H and O–H groups in total. The Balaban J connectivity index is 2.16. The highest BCUT2D eigenvalue weighted by Crippen LogP contribution is 2.28. The molecule has 1 aromatic carbocycles. The first-order valence-corrected chi connectivity index (χ1v) is 6.68. The predicted molar refractivity (Wildman–Crippen MR) is 75.0 cm³/mol. The Kier molecular flexibility index (Phi) is 3.95. The van der Waals surface area contributed by atoms with E-state index in [9.17, 15) is 0 Å². The fraction of sp³-hybridized carbons (Fsp3) is 0.571. The Hall–Kier alpha value is -0.730. The lowest BCUT2D eigenvalue weighted by molar-refractivity contribution is 0.338. The van der Waals surface area contributed by atoms with Crippen LogP contribution in [-0.2, 0) is 0 Å². The van der Waals surface area contributed by atoms with Gasteiger partial charge in [-0.05, 0) is 44.0 Å². The second kappa shape index (κ2) is 5.28. The van der Waals surface area contributed by atoms with E-state index in [2.05, 4.69) is 43.2 Å². The number of halogens is 1.